The van der Waals surface area contributed by atoms with Crippen molar-refractivity contribution >= 4 is 39.8 Å². The van der Waals surface area contributed by atoms with Crippen LogP contribution in [0.25, 0.3) is 0 Å². The van der Waals surface area contributed by atoms with Crippen molar-refractivity contribution in [3.8, 4) is 0 Å². The van der Waals surface area contributed by atoms with Gasteiger partial charge in [-0.1, -0.05) is 24.6 Å². The molecule has 0 heterocycles. The molecule has 1 atom stereocenters. The zero-order valence-electron chi connectivity index (χ0n) is 9.24. The first-order valence-corrected chi connectivity index (χ1v) is 8.02. The fourth-order valence-corrected chi connectivity index (χ4v) is 3.79. The van der Waals surface area contributed by atoms with Gasteiger partial charge in [0.1, 0.15) is 0 Å². The second-order valence-electron chi connectivity index (χ2n) is 3.26. The van der Waals surface area contributed by atoms with E-state index in [1.54, 1.807) is 18.2 Å². The average Bonchev–Trinajstić information content (AvgIpc) is 2.24. The van der Waals surface area contributed by atoms with Crippen LogP contribution in [0.5, 0.6) is 0 Å². The molecule has 1 aromatic carbocycles. The van der Waals surface area contributed by atoms with Crippen LogP contribution in [0.15, 0.2) is 23.1 Å². The van der Waals surface area contributed by atoms with Crippen LogP contribution in [0.1, 0.15) is 13.3 Å². The van der Waals surface area contributed by atoms with Crippen LogP contribution in [0.3, 0.4) is 0 Å². The predicted molar refractivity (Wildman–Crippen MR) is 74.8 cm³/mol. The third kappa shape index (κ3) is 4.00. The Kier molecular flexibility index (Phi) is 6.24. The normalized spacial score (nSPS) is 12.6. The van der Waals surface area contributed by atoms with E-state index < -0.39 is 10.8 Å². The molecule has 2 nitrogen and oxygen atoms in total. The monoisotopic (exact) mass is 277 g/mol. The number of anilines is 1. The zero-order valence-corrected chi connectivity index (χ0v) is 11.6. The molecule has 2 N–H and O–H groups in total. The Morgan fingerprint density at radius 2 is 2.25 bits per heavy atom. The third-order valence-electron chi connectivity index (χ3n) is 2.05. The van der Waals surface area contributed by atoms with Crippen molar-refractivity contribution in [2.24, 2.45) is 0 Å². The number of hydrogen-bond donors (Lipinski definition) is 1. The predicted octanol–water partition coefficient (Wildman–Crippen LogP) is 3.17. The molecular weight excluding hydrogens is 262 g/mol. The summed E-state index contributed by atoms with van der Waals surface area (Å²) in [7, 11) is -1.08. The van der Waals surface area contributed by atoms with Crippen molar-refractivity contribution in [2.45, 2.75) is 18.2 Å². The van der Waals surface area contributed by atoms with Gasteiger partial charge in [-0.2, -0.15) is 11.8 Å². The highest BCUT2D eigenvalue weighted by atomic mass is 35.5. The summed E-state index contributed by atoms with van der Waals surface area (Å²) in [5, 5.41) is 0.501. The van der Waals surface area contributed by atoms with Gasteiger partial charge >= 0.3 is 0 Å². The van der Waals surface area contributed by atoms with Gasteiger partial charge < -0.3 is 5.73 Å². The fraction of sp³-hybridized carbons (Fsp3) is 0.455. The molecular formula is C11H16ClNOS2. The molecule has 0 fully saturated rings. The van der Waals surface area contributed by atoms with Crippen LogP contribution < -0.4 is 5.73 Å². The van der Waals surface area contributed by atoms with Crippen LogP contribution in [0.2, 0.25) is 5.02 Å². The van der Waals surface area contributed by atoms with Crippen molar-refractivity contribution in [3.63, 3.8) is 0 Å². The average molecular weight is 278 g/mol. The lowest BCUT2D eigenvalue weighted by molar-refractivity contribution is 0.682. The van der Waals surface area contributed by atoms with E-state index in [4.69, 9.17) is 17.3 Å². The molecule has 0 saturated carbocycles. The number of nitrogens with two attached hydrogens (primary N) is 1. The van der Waals surface area contributed by atoms with Crippen LogP contribution >= 0.6 is 23.4 Å². The van der Waals surface area contributed by atoms with Crippen LogP contribution in [-0.4, -0.2) is 21.5 Å². The number of nitrogen functional groups attached to an aromatic ring is 1. The molecule has 0 bridgehead atoms. The van der Waals surface area contributed by atoms with Crippen molar-refractivity contribution in [2.75, 3.05) is 23.0 Å². The van der Waals surface area contributed by atoms with Crippen LogP contribution in [0, 0.1) is 0 Å². The summed E-state index contributed by atoms with van der Waals surface area (Å²) in [6, 6.07) is 5.23. The van der Waals surface area contributed by atoms with Gasteiger partial charge in [0.2, 0.25) is 0 Å². The number of halogens is 1. The van der Waals surface area contributed by atoms with E-state index in [2.05, 4.69) is 6.92 Å². The van der Waals surface area contributed by atoms with Gasteiger partial charge in [-0.15, -0.1) is 0 Å². The molecule has 16 heavy (non-hydrogen) atoms. The van der Waals surface area contributed by atoms with E-state index in [1.807, 2.05) is 11.8 Å². The minimum Gasteiger partial charge on any atom is -0.398 e. The van der Waals surface area contributed by atoms with Gasteiger partial charge in [0.25, 0.3) is 0 Å². The quantitative estimate of drug-likeness (QED) is 0.642. The zero-order chi connectivity index (χ0) is 12.0. The molecule has 90 valence electrons. The van der Waals surface area contributed by atoms with Crippen LogP contribution in [0.4, 0.5) is 5.69 Å². The van der Waals surface area contributed by atoms with Gasteiger partial charge in [-0.3, -0.25) is 4.21 Å². The Labute approximate surface area is 108 Å². The van der Waals surface area contributed by atoms with E-state index in [0.29, 0.717) is 21.4 Å². The van der Waals surface area contributed by atoms with Gasteiger partial charge in [0.05, 0.1) is 20.7 Å². The fourth-order valence-electron chi connectivity index (χ4n) is 1.30. The summed E-state index contributed by atoms with van der Waals surface area (Å²) < 4.78 is 12.0. The first kappa shape index (κ1) is 13.9. The maximum Gasteiger partial charge on any atom is 0.0803 e. The first-order valence-electron chi connectivity index (χ1n) is 5.17. The standard InChI is InChI=1S/C11H16ClNOS2/c1-2-15-7-4-8-16(14)11-9(12)5-3-6-10(11)13/h3,5-6H,2,4,7-8,13H2,1H3. The van der Waals surface area contributed by atoms with E-state index in [9.17, 15) is 4.21 Å². The molecule has 0 spiro atoms. The van der Waals surface area contributed by atoms with E-state index in [1.165, 1.54) is 0 Å². The van der Waals surface area contributed by atoms with Crippen molar-refractivity contribution in [1.29, 1.82) is 0 Å². The summed E-state index contributed by atoms with van der Waals surface area (Å²) in [6.07, 6.45) is 0.926. The van der Waals surface area contributed by atoms with E-state index in [-0.39, 0.29) is 0 Å². The number of thioether (sulfide) groups is 1. The second-order valence-corrected chi connectivity index (χ2v) is 6.57. The maximum absolute atomic E-state index is 12.0. The molecule has 0 aliphatic heterocycles. The number of benzene rings is 1. The molecule has 1 unspecified atom stereocenters. The highest BCUT2D eigenvalue weighted by Crippen LogP contribution is 2.26. The van der Waals surface area contributed by atoms with Gasteiger partial charge in [0, 0.05) is 11.4 Å². The largest absolute Gasteiger partial charge is 0.398 e. The van der Waals surface area contributed by atoms with E-state index in [0.717, 1.165) is 17.9 Å². The Morgan fingerprint density at radius 3 is 2.88 bits per heavy atom. The molecule has 0 aliphatic rings. The Morgan fingerprint density at radius 1 is 1.50 bits per heavy atom. The Bertz CT molecular complexity index is 351. The van der Waals surface area contributed by atoms with Crippen molar-refractivity contribution < 1.29 is 4.21 Å². The molecule has 0 aliphatic carbocycles. The number of rotatable bonds is 6. The Hall–Kier alpha value is -0.190. The topological polar surface area (TPSA) is 43.1 Å². The summed E-state index contributed by atoms with van der Waals surface area (Å²) in [4.78, 5) is 0.589. The lowest BCUT2D eigenvalue weighted by Gasteiger charge is -2.07. The summed E-state index contributed by atoms with van der Waals surface area (Å²) >= 11 is 7.84. The minimum atomic E-state index is -1.08. The second kappa shape index (κ2) is 7.20. The van der Waals surface area contributed by atoms with Crippen molar-refractivity contribution in [3.05, 3.63) is 23.2 Å². The van der Waals surface area contributed by atoms with Gasteiger partial charge in [-0.05, 0) is 30.1 Å². The molecule has 1 rings (SSSR count). The first-order chi connectivity index (χ1) is 7.66. The molecule has 5 heteroatoms. The SMILES string of the molecule is CCSCCCS(=O)c1c(N)cccc1Cl. The molecule has 0 aromatic heterocycles. The molecule has 0 radical (unpaired) electrons. The maximum atomic E-state index is 12.0. The third-order valence-corrected chi connectivity index (χ3v) is 5.03. The van der Waals surface area contributed by atoms with Crippen molar-refractivity contribution in [1.82, 2.24) is 0 Å². The van der Waals surface area contributed by atoms with Crippen LogP contribution in [-0.2, 0) is 10.8 Å². The smallest absolute Gasteiger partial charge is 0.0803 e. The summed E-state index contributed by atoms with van der Waals surface area (Å²) in [5.41, 5.74) is 6.29. The Balaban J connectivity index is 2.59. The molecule has 0 amide bonds. The minimum absolute atomic E-state index is 0.501. The lowest BCUT2D eigenvalue weighted by atomic mass is 10.3. The lowest BCUT2D eigenvalue weighted by Crippen LogP contribution is -2.03. The molecule has 0 saturated heterocycles. The van der Waals surface area contributed by atoms with E-state index >= 15 is 0 Å². The molecule has 1 aromatic rings. The summed E-state index contributed by atoms with van der Waals surface area (Å²) in [5.74, 6) is 2.76. The highest BCUT2D eigenvalue weighted by molar-refractivity contribution is 7.99. The van der Waals surface area contributed by atoms with Gasteiger partial charge in [0.15, 0.2) is 0 Å². The van der Waals surface area contributed by atoms with Gasteiger partial charge in [-0.25, -0.2) is 0 Å². The number of hydrogen-bond acceptors (Lipinski definition) is 3. The summed E-state index contributed by atoms with van der Waals surface area (Å²) in [6.45, 7) is 2.12. The highest BCUT2D eigenvalue weighted by Gasteiger charge is 2.11.